The molecule has 0 atom stereocenters. The van der Waals surface area contributed by atoms with Crippen molar-refractivity contribution in [3.63, 3.8) is 0 Å². The molecule has 0 aromatic rings. The topological polar surface area (TPSA) is 24.7 Å². The smallest absolute Gasteiger partial charge is 0.0748 e. The van der Waals surface area contributed by atoms with Crippen molar-refractivity contribution >= 4 is 13.4 Å². The standard InChI is InChI=1S/2C2H5N/c2*1-3-2/h2*1H2,2H3/i1T;. The predicted octanol–water partition coefficient (Wildman–Crippen LogP) is 0.634. The highest BCUT2D eigenvalue weighted by atomic mass is 14.6. The van der Waals surface area contributed by atoms with Crippen LogP contribution in [0.4, 0.5) is 0 Å². The molecule has 0 saturated heterocycles. The van der Waals surface area contributed by atoms with E-state index in [9.17, 15) is 0 Å². The van der Waals surface area contributed by atoms with Crippen molar-refractivity contribution in [2.24, 2.45) is 9.98 Å². The first kappa shape index (κ1) is 5.34. The lowest BCUT2D eigenvalue weighted by Crippen LogP contribution is -1.26. The number of nitrogens with zero attached hydrogens (tertiary/aromatic N) is 2. The lowest BCUT2D eigenvalue weighted by molar-refractivity contribution is 1.49. The van der Waals surface area contributed by atoms with Gasteiger partial charge in [-0.2, -0.15) is 0 Å². The highest BCUT2D eigenvalue weighted by molar-refractivity contribution is 5.22. The Labute approximate surface area is 40.0 Å². The third kappa shape index (κ3) is 42.0. The van der Waals surface area contributed by atoms with Gasteiger partial charge in [0, 0.05) is 14.1 Å². The Balaban J connectivity index is 0. The Kier molecular flexibility index (Phi) is 24.0. The molecule has 0 N–H and O–H groups in total. The van der Waals surface area contributed by atoms with Crippen LogP contribution in [0.2, 0.25) is 0 Å². The van der Waals surface area contributed by atoms with Crippen molar-refractivity contribution in [2.45, 2.75) is 0 Å². The molecule has 0 amide bonds. The van der Waals surface area contributed by atoms with Crippen molar-refractivity contribution in [1.82, 2.24) is 0 Å². The molecule has 36 valence electrons. The largest absolute Gasteiger partial charge is 0.304 e. The average Bonchev–Trinajstić information content (AvgIpc) is 1.69. The second-order valence-electron chi connectivity index (χ2n) is 0.574. The molecule has 0 fully saturated rings. The maximum Gasteiger partial charge on any atom is 0.0748 e. The van der Waals surface area contributed by atoms with Crippen LogP contribution in [0.3, 0.4) is 0 Å². The zero-order chi connectivity index (χ0) is 6.12. The lowest BCUT2D eigenvalue weighted by atomic mass is 11.4. The van der Waals surface area contributed by atoms with Gasteiger partial charge in [-0.1, -0.05) is 0 Å². The van der Waals surface area contributed by atoms with Crippen LogP contribution in [0.5, 0.6) is 0 Å². The Morgan fingerprint density at radius 1 is 1.50 bits per heavy atom. The van der Waals surface area contributed by atoms with Gasteiger partial charge in [-0.3, -0.25) is 0 Å². The summed E-state index contributed by atoms with van der Waals surface area (Å²) in [4.78, 5) is 6.53. The van der Waals surface area contributed by atoms with E-state index in [1.807, 2.05) is 0 Å². The van der Waals surface area contributed by atoms with E-state index in [2.05, 4.69) is 16.7 Å². The summed E-state index contributed by atoms with van der Waals surface area (Å²) in [7, 11) is 3.20. The van der Waals surface area contributed by atoms with E-state index in [0.717, 1.165) is 6.69 Å². The van der Waals surface area contributed by atoms with E-state index in [4.69, 9.17) is 1.37 Å². The monoisotopic (exact) mass is 88.1 g/mol. The SMILES string of the molecule is C=NC.[3H]C=NC. The zero-order valence-corrected chi connectivity index (χ0v) is 4.18. The fourth-order valence-electron chi connectivity index (χ4n) is 0. The third-order valence-corrected chi connectivity index (χ3v) is 0. The minimum atomic E-state index is 1.00. The zero-order valence-electron chi connectivity index (χ0n) is 5.18. The van der Waals surface area contributed by atoms with Gasteiger partial charge in [0.25, 0.3) is 0 Å². The van der Waals surface area contributed by atoms with Crippen molar-refractivity contribution < 1.29 is 1.37 Å². The van der Waals surface area contributed by atoms with E-state index in [0.29, 0.717) is 0 Å². The normalized spacial score (nSPS) is 8.67. The van der Waals surface area contributed by atoms with Crippen LogP contribution in [0.1, 0.15) is 1.37 Å². The van der Waals surface area contributed by atoms with Gasteiger partial charge in [0.05, 0.1) is 1.37 Å². The van der Waals surface area contributed by atoms with Crippen LogP contribution in [0, 0.1) is 0 Å². The second kappa shape index (κ2) is 27.0. The molecule has 2 heteroatoms. The highest BCUT2D eigenvalue weighted by Gasteiger charge is 1.09. The van der Waals surface area contributed by atoms with Crippen LogP contribution in [-0.4, -0.2) is 27.5 Å². The third-order valence-electron chi connectivity index (χ3n) is 0. The minimum Gasteiger partial charge on any atom is -0.304 e. The molecule has 0 aromatic heterocycles. The van der Waals surface area contributed by atoms with Gasteiger partial charge in [-0.15, -0.1) is 0 Å². The van der Waals surface area contributed by atoms with Gasteiger partial charge in [0.2, 0.25) is 0 Å². The Bertz CT molecular complexity index is 47.7. The first-order valence-electron chi connectivity index (χ1n) is 2.05. The Hall–Kier alpha value is -0.660. The highest BCUT2D eigenvalue weighted by Crippen LogP contribution is 1.22. The summed E-state index contributed by atoms with van der Waals surface area (Å²) in [6.07, 6.45) is 0. The number of rotatable bonds is 0. The molecule has 0 bridgehead atoms. The van der Waals surface area contributed by atoms with Crippen molar-refractivity contribution in [1.29, 1.82) is 0 Å². The van der Waals surface area contributed by atoms with E-state index < -0.39 is 0 Å². The Morgan fingerprint density at radius 3 is 1.67 bits per heavy atom. The summed E-state index contributed by atoms with van der Waals surface area (Å²) < 4.78 is 6.16. The van der Waals surface area contributed by atoms with Gasteiger partial charge in [-0.05, 0) is 13.4 Å². The average molecular weight is 88.1 g/mol. The summed E-state index contributed by atoms with van der Waals surface area (Å²) in [6.45, 7) is 4.11. The van der Waals surface area contributed by atoms with E-state index in [1.165, 1.54) is 0 Å². The van der Waals surface area contributed by atoms with Crippen LogP contribution in [0.25, 0.3) is 0 Å². The number of hydrogen-bond acceptors (Lipinski definition) is 2. The quantitative estimate of drug-likeness (QED) is 0.388. The molecule has 0 aliphatic rings. The molecule has 0 saturated carbocycles. The van der Waals surface area contributed by atoms with E-state index in [-0.39, 0.29) is 0 Å². The van der Waals surface area contributed by atoms with Crippen molar-refractivity contribution in [3.8, 4) is 0 Å². The molecule has 0 heterocycles. The van der Waals surface area contributed by atoms with Crippen molar-refractivity contribution in [3.05, 3.63) is 0 Å². The van der Waals surface area contributed by atoms with E-state index >= 15 is 0 Å². The maximum absolute atomic E-state index is 6.16. The lowest BCUT2D eigenvalue weighted by Gasteiger charge is -1.38. The van der Waals surface area contributed by atoms with Gasteiger partial charge < -0.3 is 9.98 Å². The fraction of sp³-hybridized carbons (Fsp3) is 0.500. The second-order valence-corrected chi connectivity index (χ2v) is 0.574. The molecule has 0 unspecified atom stereocenters. The molecule has 0 spiro atoms. The summed E-state index contributed by atoms with van der Waals surface area (Å²) in [5, 5.41) is 0. The molecule has 2 nitrogen and oxygen atoms in total. The minimum absolute atomic E-state index is 1.00. The van der Waals surface area contributed by atoms with Crippen LogP contribution < -0.4 is 0 Å². The molecule has 0 aliphatic carbocycles. The summed E-state index contributed by atoms with van der Waals surface area (Å²) in [5.41, 5.74) is 0. The number of aliphatic imine (C=N–C) groups is 2. The van der Waals surface area contributed by atoms with Crippen LogP contribution >= 0.6 is 0 Å². The van der Waals surface area contributed by atoms with Crippen molar-refractivity contribution in [2.75, 3.05) is 14.1 Å². The van der Waals surface area contributed by atoms with Gasteiger partial charge in [-0.25, -0.2) is 0 Å². The fourth-order valence-corrected chi connectivity index (χ4v) is 0. The molecular formula is C4H10N2. The molecule has 0 aromatic carbocycles. The first-order chi connectivity index (χ1) is 3.33. The van der Waals surface area contributed by atoms with Gasteiger partial charge in [0.15, 0.2) is 0 Å². The summed E-state index contributed by atoms with van der Waals surface area (Å²) >= 11 is 0. The summed E-state index contributed by atoms with van der Waals surface area (Å²) in [5.74, 6) is 0. The predicted molar refractivity (Wildman–Crippen MR) is 30.9 cm³/mol. The van der Waals surface area contributed by atoms with E-state index in [1.54, 1.807) is 14.1 Å². The summed E-state index contributed by atoms with van der Waals surface area (Å²) in [6, 6.07) is 0. The Morgan fingerprint density at radius 2 is 1.67 bits per heavy atom. The maximum atomic E-state index is 6.16. The molecule has 0 radical (unpaired) electrons. The van der Waals surface area contributed by atoms with Gasteiger partial charge >= 0.3 is 0 Å². The molecule has 6 heavy (non-hydrogen) atoms. The number of hydrogen-bond donors (Lipinski definition) is 0. The van der Waals surface area contributed by atoms with Gasteiger partial charge in [0.1, 0.15) is 0 Å². The molecular weight excluding hydrogens is 76.1 g/mol. The molecule has 0 aliphatic heterocycles. The van der Waals surface area contributed by atoms with Crippen LogP contribution in [0.15, 0.2) is 9.98 Å². The first-order valence-corrected chi connectivity index (χ1v) is 1.47. The van der Waals surface area contributed by atoms with Crippen LogP contribution in [-0.2, 0) is 0 Å². The molecule has 0 rings (SSSR count).